The van der Waals surface area contributed by atoms with E-state index in [0.717, 1.165) is 66.1 Å². The van der Waals surface area contributed by atoms with Crippen LogP contribution >= 0.6 is 0 Å². The molecule has 3 aromatic heterocycles. The lowest BCUT2D eigenvalue weighted by Crippen LogP contribution is -2.34. The number of pyridine rings is 2. The van der Waals surface area contributed by atoms with Gasteiger partial charge in [0.15, 0.2) is 0 Å². The molecular weight excluding hydrogens is 468 g/mol. The van der Waals surface area contributed by atoms with Crippen LogP contribution in [0.1, 0.15) is 24.4 Å². The smallest absolute Gasteiger partial charge is 0.205 e. The zero-order chi connectivity index (χ0) is 25.7. The van der Waals surface area contributed by atoms with Crippen LogP contribution in [0.5, 0.6) is 0 Å². The predicted molar refractivity (Wildman–Crippen MR) is 150 cm³/mol. The fourth-order valence-corrected chi connectivity index (χ4v) is 5.15. The Morgan fingerprint density at radius 3 is 2.34 bits per heavy atom. The van der Waals surface area contributed by atoms with Crippen molar-refractivity contribution in [2.75, 3.05) is 13.1 Å². The molecule has 0 radical (unpaired) electrons. The highest BCUT2D eigenvalue weighted by atomic mass is 15.3. The molecule has 0 N–H and O–H groups in total. The van der Waals surface area contributed by atoms with E-state index >= 15 is 0 Å². The summed E-state index contributed by atoms with van der Waals surface area (Å²) in [6, 6.07) is 27.2. The summed E-state index contributed by atoms with van der Waals surface area (Å²) in [5.74, 6) is 0. The molecule has 0 saturated carbocycles. The van der Waals surface area contributed by atoms with Gasteiger partial charge in [-0.05, 0) is 47.7 Å². The first-order valence-corrected chi connectivity index (χ1v) is 13.0. The number of aromatic nitrogens is 4. The molecule has 1 aliphatic rings. The Hall–Kier alpha value is -4.60. The van der Waals surface area contributed by atoms with Gasteiger partial charge in [-0.2, -0.15) is 5.10 Å². The minimum atomic E-state index is 0.423. The van der Waals surface area contributed by atoms with Crippen LogP contribution in [-0.4, -0.2) is 37.7 Å². The van der Waals surface area contributed by atoms with Crippen molar-refractivity contribution in [1.82, 2.24) is 24.6 Å². The summed E-state index contributed by atoms with van der Waals surface area (Å²) in [7, 11) is 0. The van der Waals surface area contributed by atoms with Crippen molar-refractivity contribution in [1.29, 1.82) is 0 Å². The fourth-order valence-electron chi connectivity index (χ4n) is 5.15. The van der Waals surface area contributed by atoms with E-state index in [0.29, 0.717) is 11.7 Å². The van der Waals surface area contributed by atoms with Crippen molar-refractivity contribution in [3.63, 3.8) is 0 Å². The zero-order valence-electron chi connectivity index (χ0n) is 21.1. The van der Waals surface area contributed by atoms with E-state index in [1.807, 2.05) is 54.9 Å². The summed E-state index contributed by atoms with van der Waals surface area (Å²) in [5, 5.41) is 4.64. The summed E-state index contributed by atoms with van der Waals surface area (Å²) in [4.78, 5) is 15.2. The van der Waals surface area contributed by atoms with Gasteiger partial charge in [-0.3, -0.25) is 19.5 Å². The molecule has 6 nitrogen and oxygen atoms in total. The van der Waals surface area contributed by atoms with Crippen LogP contribution in [0.25, 0.3) is 38.5 Å². The van der Waals surface area contributed by atoms with Crippen LogP contribution in [0.15, 0.2) is 104 Å². The lowest BCUT2D eigenvalue weighted by atomic mass is 9.98. The molecule has 1 saturated heterocycles. The Morgan fingerprint density at radius 2 is 1.61 bits per heavy atom. The maximum atomic E-state index is 7.40. The average molecular weight is 497 g/mol. The molecular formula is C32H28N6. The molecule has 2 aromatic carbocycles. The molecule has 38 heavy (non-hydrogen) atoms. The Morgan fingerprint density at radius 1 is 0.816 bits per heavy atom. The first kappa shape index (κ1) is 23.8. The fraction of sp³-hybridized carbons (Fsp3) is 0.188. The second-order valence-corrected chi connectivity index (χ2v) is 9.70. The van der Waals surface area contributed by atoms with Crippen LogP contribution in [0.3, 0.4) is 0 Å². The molecule has 0 bridgehead atoms. The van der Waals surface area contributed by atoms with Gasteiger partial charge in [-0.25, -0.2) is 4.85 Å². The quantitative estimate of drug-likeness (QED) is 0.236. The number of rotatable bonds is 6. The van der Waals surface area contributed by atoms with Crippen LogP contribution in [0, 0.1) is 6.57 Å². The third-order valence-electron chi connectivity index (χ3n) is 7.21. The molecule has 6 heteroatoms. The Bertz CT molecular complexity index is 1540. The van der Waals surface area contributed by atoms with Gasteiger partial charge >= 0.3 is 0 Å². The van der Waals surface area contributed by atoms with E-state index in [2.05, 4.69) is 72.1 Å². The van der Waals surface area contributed by atoms with Crippen LogP contribution < -0.4 is 0 Å². The summed E-state index contributed by atoms with van der Waals surface area (Å²) >= 11 is 0. The van der Waals surface area contributed by atoms with Gasteiger partial charge in [0, 0.05) is 49.4 Å². The number of hydrogen-bond acceptors (Lipinski definition) is 4. The van der Waals surface area contributed by atoms with Gasteiger partial charge in [0.2, 0.25) is 5.69 Å². The maximum absolute atomic E-state index is 7.40. The highest BCUT2D eigenvalue weighted by Crippen LogP contribution is 2.33. The van der Waals surface area contributed by atoms with E-state index in [4.69, 9.17) is 6.57 Å². The van der Waals surface area contributed by atoms with Crippen molar-refractivity contribution in [3.8, 4) is 33.6 Å². The maximum Gasteiger partial charge on any atom is 0.205 e. The highest BCUT2D eigenvalue weighted by Gasteiger charge is 2.21. The predicted octanol–water partition coefficient (Wildman–Crippen LogP) is 7.06. The van der Waals surface area contributed by atoms with Gasteiger partial charge < -0.3 is 0 Å². The van der Waals surface area contributed by atoms with Crippen molar-refractivity contribution in [2.24, 2.45) is 0 Å². The summed E-state index contributed by atoms with van der Waals surface area (Å²) in [5.41, 5.74) is 7.90. The van der Waals surface area contributed by atoms with Gasteiger partial charge in [-0.1, -0.05) is 60.7 Å². The van der Waals surface area contributed by atoms with Crippen LogP contribution in [-0.2, 0) is 6.54 Å². The molecule has 186 valence electrons. The highest BCUT2D eigenvalue weighted by molar-refractivity contribution is 5.83. The molecule has 0 spiro atoms. The summed E-state index contributed by atoms with van der Waals surface area (Å²) < 4.78 is 2.12. The minimum absolute atomic E-state index is 0.423. The van der Waals surface area contributed by atoms with Crippen LogP contribution in [0.4, 0.5) is 5.69 Å². The van der Waals surface area contributed by atoms with Gasteiger partial charge in [0.25, 0.3) is 0 Å². The second-order valence-electron chi connectivity index (χ2n) is 9.70. The van der Waals surface area contributed by atoms with E-state index in [-0.39, 0.29) is 0 Å². The van der Waals surface area contributed by atoms with Gasteiger partial charge in [0.05, 0.1) is 30.2 Å². The van der Waals surface area contributed by atoms with Gasteiger partial charge in [-0.15, -0.1) is 0 Å². The molecule has 5 aromatic rings. The van der Waals surface area contributed by atoms with E-state index in [1.54, 1.807) is 6.20 Å². The largest absolute Gasteiger partial charge is 0.299 e. The molecule has 4 heterocycles. The molecule has 0 atom stereocenters. The third-order valence-corrected chi connectivity index (χ3v) is 7.21. The van der Waals surface area contributed by atoms with E-state index in [9.17, 15) is 0 Å². The monoisotopic (exact) mass is 496 g/mol. The SMILES string of the molecule is [C-]#[N+]c1cnc(-c2ccc(CN3CCC(n4cc(-c5ccccn5)cn4)CC3)cc2)c(-c2ccccc2)c1. The van der Waals surface area contributed by atoms with Crippen molar-refractivity contribution < 1.29 is 0 Å². The third kappa shape index (κ3) is 5.10. The topological polar surface area (TPSA) is 51.2 Å². The Kier molecular flexibility index (Phi) is 6.75. The average Bonchev–Trinajstić information content (AvgIpc) is 3.49. The standard InChI is InChI=1S/C32H28N6/c1-33-28-19-30(25-7-3-2-4-8-25)32(35-21-28)26-12-10-24(11-13-26)22-37-17-14-29(15-18-37)38-23-27(20-36-38)31-9-5-6-16-34-31/h2-13,16,19-21,23,29H,14-15,17-18,22H2. The zero-order valence-corrected chi connectivity index (χ0v) is 21.1. The number of benzene rings is 2. The van der Waals surface area contributed by atoms with Gasteiger partial charge in [0.1, 0.15) is 0 Å². The first-order chi connectivity index (χ1) is 18.8. The minimum Gasteiger partial charge on any atom is -0.299 e. The molecule has 0 amide bonds. The molecule has 1 aliphatic heterocycles. The van der Waals surface area contributed by atoms with Crippen molar-refractivity contribution in [2.45, 2.75) is 25.4 Å². The van der Waals surface area contributed by atoms with Crippen LogP contribution in [0.2, 0.25) is 0 Å². The van der Waals surface area contributed by atoms with Crippen molar-refractivity contribution >= 4 is 5.69 Å². The number of piperidine rings is 1. The molecule has 1 fully saturated rings. The molecule has 0 unspecified atom stereocenters. The van der Waals surface area contributed by atoms with Crippen molar-refractivity contribution in [3.05, 3.63) is 121 Å². The number of hydrogen-bond donors (Lipinski definition) is 0. The molecule has 6 rings (SSSR count). The Labute approximate surface area is 223 Å². The number of nitrogens with zero attached hydrogens (tertiary/aromatic N) is 6. The number of likely N-dealkylation sites (tertiary alicyclic amines) is 1. The molecule has 0 aliphatic carbocycles. The normalized spacial score (nSPS) is 14.3. The van der Waals surface area contributed by atoms with E-state index < -0.39 is 0 Å². The lowest BCUT2D eigenvalue weighted by Gasteiger charge is -2.32. The van der Waals surface area contributed by atoms with E-state index in [1.165, 1.54) is 5.56 Å². The lowest BCUT2D eigenvalue weighted by molar-refractivity contribution is 0.173. The summed E-state index contributed by atoms with van der Waals surface area (Å²) in [6.07, 6.45) is 9.69. The summed E-state index contributed by atoms with van der Waals surface area (Å²) in [6.45, 7) is 10.4. The first-order valence-electron chi connectivity index (χ1n) is 13.0. The second kappa shape index (κ2) is 10.8. The Balaban J connectivity index is 1.11.